The number of amides is 1. The first kappa shape index (κ1) is 15.1. The van der Waals surface area contributed by atoms with Gasteiger partial charge in [0.25, 0.3) is 5.91 Å². The van der Waals surface area contributed by atoms with Crippen molar-refractivity contribution >= 4 is 17.1 Å². The molecule has 0 saturated heterocycles. The molecule has 0 fully saturated rings. The fraction of sp³-hybridized carbons (Fsp3) is 0.294. The molecule has 3 rings (SSSR count). The maximum absolute atomic E-state index is 12.2. The fourth-order valence-corrected chi connectivity index (χ4v) is 2.29. The van der Waals surface area contributed by atoms with Crippen LogP contribution in [0.5, 0.6) is 0 Å². The largest absolute Gasteiger partial charge is 0.352 e. The molecule has 0 aliphatic carbocycles. The van der Waals surface area contributed by atoms with E-state index in [9.17, 15) is 4.79 Å². The Bertz CT molecular complexity index is 824. The SMILES string of the molecule is CC(C)CCNC(=O)c1cccc(-n2nnc3cccnc32)c1. The number of nitrogens with one attached hydrogen (secondary N) is 1. The maximum Gasteiger partial charge on any atom is 0.251 e. The van der Waals surface area contributed by atoms with Crippen LogP contribution in [0.2, 0.25) is 0 Å². The number of hydrogen-bond donors (Lipinski definition) is 1. The summed E-state index contributed by atoms with van der Waals surface area (Å²) in [5.41, 5.74) is 2.76. The topological polar surface area (TPSA) is 72.7 Å². The van der Waals surface area contributed by atoms with Gasteiger partial charge >= 0.3 is 0 Å². The maximum atomic E-state index is 12.2. The average molecular weight is 309 g/mol. The summed E-state index contributed by atoms with van der Waals surface area (Å²) in [7, 11) is 0. The lowest BCUT2D eigenvalue weighted by molar-refractivity contribution is 0.0952. The molecule has 6 heteroatoms. The predicted molar refractivity (Wildman–Crippen MR) is 88.4 cm³/mol. The summed E-state index contributed by atoms with van der Waals surface area (Å²) in [4.78, 5) is 16.5. The Hall–Kier alpha value is -2.76. The molecule has 0 bridgehead atoms. The van der Waals surface area contributed by atoms with E-state index in [2.05, 4.69) is 34.5 Å². The normalized spacial score (nSPS) is 11.1. The Labute approximate surface area is 134 Å². The summed E-state index contributed by atoms with van der Waals surface area (Å²) in [5, 5.41) is 11.2. The first-order valence-electron chi connectivity index (χ1n) is 7.70. The van der Waals surface area contributed by atoms with E-state index in [1.54, 1.807) is 23.0 Å². The van der Waals surface area contributed by atoms with Gasteiger partial charge in [-0.3, -0.25) is 4.79 Å². The van der Waals surface area contributed by atoms with Crippen molar-refractivity contribution in [2.75, 3.05) is 6.54 Å². The van der Waals surface area contributed by atoms with Crippen LogP contribution in [0.1, 0.15) is 30.6 Å². The summed E-state index contributed by atoms with van der Waals surface area (Å²) in [6, 6.07) is 11.0. The third-order valence-electron chi connectivity index (χ3n) is 3.57. The predicted octanol–water partition coefficient (Wildman–Crippen LogP) is 2.59. The van der Waals surface area contributed by atoms with Gasteiger partial charge in [0, 0.05) is 18.3 Å². The van der Waals surface area contributed by atoms with Crippen LogP contribution in [0.3, 0.4) is 0 Å². The number of pyridine rings is 1. The number of aromatic nitrogens is 4. The zero-order valence-electron chi connectivity index (χ0n) is 13.2. The van der Waals surface area contributed by atoms with Crippen LogP contribution in [0.25, 0.3) is 16.9 Å². The zero-order chi connectivity index (χ0) is 16.2. The van der Waals surface area contributed by atoms with Crippen molar-refractivity contribution in [2.45, 2.75) is 20.3 Å². The lowest BCUT2D eigenvalue weighted by atomic mass is 10.1. The molecule has 6 nitrogen and oxygen atoms in total. The number of fused-ring (bicyclic) bond motifs is 1. The molecule has 118 valence electrons. The monoisotopic (exact) mass is 309 g/mol. The van der Waals surface area contributed by atoms with Gasteiger partial charge in [0.15, 0.2) is 5.65 Å². The van der Waals surface area contributed by atoms with Gasteiger partial charge in [-0.1, -0.05) is 25.1 Å². The van der Waals surface area contributed by atoms with Gasteiger partial charge < -0.3 is 5.32 Å². The van der Waals surface area contributed by atoms with Crippen LogP contribution in [0, 0.1) is 5.92 Å². The second-order valence-corrected chi connectivity index (χ2v) is 5.84. The molecule has 1 aromatic carbocycles. The minimum Gasteiger partial charge on any atom is -0.352 e. The van der Waals surface area contributed by atoms with Gasteiger partial charge in [0.1, 0.15) is 5.52 Å². The van der Waals surface area contributed by atoms with Gasteiger partial charge in [-0.25, -0.2) is 4.98 Å². The van der Waals surface area contributed by atoms with Crippen molar-refractivity contribution in [1.29, 1.82) is 0 Å². The highest BCUT2D eigenvalue weighted by atomic mass is 16.1. The molecule has 0 radical (unpaired) electrons. The van der Waals surface area contributed by atoms with E-state index in [0.29, 0.717) is 23.7 Å². The fourth-order valence-electron chi connectivity index (χ4n) is 2.29. The second kappa shape index (κ2) is 6.56. The summed E-state index contributed by atoms with van der Waals surface area (Å²) in [6.07, 6.45) is 2.66. The first-order chi connectivity index (χ1) is 11.1. The molecule has 0 aliphatic rings. The Morgan fingerprint density at radius 3 is 2.96 bits per heavy atom. The van der Waals surface area contributed by atoms with Crippen LogP contribution in [0.4, 0.5) is 0 Å². The highest BCUT2D eigenvalue weighted by Gasteiger charge is 2.10. The van der Waals surface area contributed by atoms with Crippen LogP contribution in [0.15, 0.2) is 42.6 Å². The van der Waals surface area contributed by atoms with E-state index < -0.39 is 0 Å². The van der Waals surface area contributed by atoms with Gasteiger partial charge in [0.2, 0.25) is 0 Å². The zero-order valence-corrected chi connectivity index (χ0v) is 13.2. The van der Waals surface area contributed by atoms with Gasteiger partial charge in [0.05, 0.1) is 5.69 Å². The molecule has 0 atom stereocenters. The average Bonchev–Trinajstić information content (AvgIpc) is 2.98. The summed E-state index contributed by atoms with van der Waals surface area (Å²) in [5.74, 6) is 0.485. The van der Waals surface area contributed by atoms with E-state index >= 15 is 0 Å². The van der Waals surface area contributed by atoms with Crippen molar-refractivity contribution < 1.29 is 4.79 Å². The van der Waals surface area contributed by atoms with E-state index in [-0.39, 0.29) is 5.91 Å². The number of carbonyl (C=O) groups is 1. The molecule has 1 amide bonds. The Balaban J connectivity index is 1.84. The van der Waals surface area contributed by atoms with Crippen molar-refractivity contribution in [3.8, 4) is 5.69 Å². The molecule has 0 saturated carbocycles. The van der Waals surface area contributed by atoms with Crippen molar-refractivity contribution in [3.05, 3.63) is 48.2 Å². The third-order valence-corrected chi connectivity index (χ3v) is 3.57. The molecule has 3 aromatic rings. The molecule has 2 aromatic heterocycles. The number of benzene rings is 1. The highest BCUT2D eigenvalue weighted by Crippen LogP contribution is 2.15. The smallest absolute Gasteiger partial charge is 0.251 e. The number of rotatable bonds is 5. The molecule has 2 heterocycles. The number of nitrogens with zero attached hydrogens (tertiary/aromatic N) is 4. The molecule has 23 heavy (non-hydrogen) atoms. The first-order valence-corrected chi connectivity index (χ1v) is 7.70. The summed E-state index contributed by atoms with van der Waals surface area (Å²) >= 11 is 0. The van der Waals surface area contributed by atoms with Gasteiger partial charge in [-0.2, -0.15) is 4.68 Å². The second-order valence-electron chi connectivity index (χ2n) is 5.84. The molecular formula is C17H19N5O. The Morgan fingerprint density at radius 1 is 1.26 bits per heavy atom. The van der Waals surface area contributed by atoms with Gasteiger partial charge in [-0.05, 0) is 42.7 Å². The van der Waals surface area contributed by atoms with E-state index in [0.717, 1.165) is 17.6 Å². The minimum absolute atomic E-state index is 0.0788. The summed E-state index contributed by atoms with van der Waals surface area (Å²) in [6.45, 7) is 4.94. The molecular weight excluding hydrogens is 290 g/mol. The van der Waals surface area contributed by atoms with Crippen LogP contribution < -0.4 is 5.32 Å². The molecule has 0 unspecified atom stereocenters. The van der Waals surface area contributed by atoms with Crippen LogP contribution >= 0.6 is 0 Å². The molecule has 0 spiro atoms. The van der Waals surface area contributed by atoms with E-state index in [1.165, 1.54) is 0 Å². The highest BCUT2D eigenvalue weighted by molar-refractivity contribution is 5.94. The number of hydrogen-bond acceptors (Lipinski definition) is 4. The Morgan fingerprint density at radius 2 is 2.13 bits per heavy atom. The summed E-state index contributed by atoms with van der Waals surface area (Å²) < 4.78 is 1.64. The molecule has 1 N–H and O–H groups in total. The van der Waals surface area contributed by atoms with E-state index in [1.807, 2.05) is 24.3 Å². The van der Waals surface area contributed by atoms with Crippen molar-refractivity contribution in [2.24, 2.45) is 5.92 Å². The van der Waals surface area contributed by atoms with Crippen molar-refractivity contribution in [3.63, 3.8) is 0 Å². The Kier molecular flexibility index (Phi) is 4.32. The third kappa shape index (κ3) is 3.36. The molecule has 0 aliphatic heterocycles. The van der Waals surface area contributed by atoms with Crippen molar-refractivity contribution in [1.82, 2.24) is 25.3 Å². The van der Waals surface area contributed by atoms with E-state index in [4.69, 9.17) is 0 Å². The lowest BCUT2D eigenvalue weighted by Gasteiger charge is -2.08. The van der Waals surface area contributed by atoms with Crippen LogP contribution in [-0.4, -0.2) is 32.4 Å². The quantitative estimate of drug-likeness (QED) is 0.786. The standard InChI is InChI=1S/C17H19N5O/c1-12(2)8-10-19-17(23)13-5-3-6-14(11-13)22-16-15(20-21-22)7-4-9-18-16/h3-7,9,11-12H,8,10H2,1-2H3,(H,19,23). The lowest BCUT2D eigenvalue weighted by Crippen LogP contribution is -2.25. The van der Waals surface area contributed by atoms with Crippen LogP contribution in [-0.2, 0) is 0 Å². The van der Waals surface area contributed by atoms with Gasteiger partial charge in [-0.15, -0.1) is 5.10 Å². The number of carbonyl (C=O) groups excluding carboxylic acids is 1. The minimum atomic E-state index is -0.0788.